The number of thiazole rings is 1. The molecular formula is C13H13N3O3S. The second-order valence-corrected chi connectivity index (χ2v) is 5.23. The minimum atomic E-state index is -0.497. The van der Waals surface area contributed by atoms with Gasteiger partial charge in [0.1, 0.15) is 12.0 Å². The molecule has 0 bridgehead atoms. The highest BCUT2D eigenvalue weighted by Crippen LogP contribution is 2.26. The maximum absolute atomic E-state index is 11.0. The van der Waals surface area contributed by atoms with Crippen molar-refractivity contribution < 1.29 is 9.72 Å². The number of aromatic nitrogens is 1. The zero-order valence-electron chi connectivity index (χ0n) is 10.8. The molecule has 1 aromatic carbocycles. The van der Waals surface area contributed by atoms with E-state index in [1.54, 1.807) is 29.7 Å². The molecule has 0 saturated carbocycles. The van der Waals surface area contributed by atoms with Gasteiger partial charge in [-0.2, -0.15) is 0 Å². The molecule has 0 radical (unpaired) electrons. The molecule has 0 aliphatic rings. The van der Waals surface area contributed by atoms with Crippen LogP contribution in [0, 0.1) is 10.1 Å². The van der Waals surface area contributed by atoms with E-state index in [2.05, 4.69) is 10.3 Å². The zero-order valence-corrected chi connectivity index (χ0v) is 11.6. The second-order valence-electron chi connectivity index (χ2n) is 4.30. The van der Waals surface area contributed by atoms with Crippen LogP contribution in [0.5, 0.6) is 0 Å². The number of aldehydes is 1. The maximum atomic E-state index is 11.0. The summed E-state index contributed by atoms with van der Waals surface area (Å²) in [5.41, 5.74) is 0.597. The van der Waals surface area contributed by atoms with Crippen molar-refractivity contribution in [1.29, 1.82) is 0 Å². The predicted molar refractivity (Wildman–Crippen MR) is 77.5 cm³/mol. The van der Waals surface area contributed by atoms with Crippen LogP contribution in [-0.4, -0.2) is 22.7 Å². The molecule has 0 fully saturated rings. The van der Waals surface area contributed by atoms with Crippen molar-refractivity contribution in [2.45, 2.75) is 12.8 Å². The molecule has 0 aliphatic carbocycles. The summed E-state index contributed by atoms with van der Waals surface area (Å²) in [6.45, 7) is 2.53. The van der Waals surface area contributed by atoms with Crippen molar-refractivity contribution in [3.63, 3.8) is 0 Å². The Balaban J connectivity index is 2.13. The van der Waals surface area contributed by atoms with E-state index < -0.39 is 4.92 Å². The minimum Gasteiger partial charge on any atom is -0.379 e. The molecule has 7 heteroatoms. The molecule has 0 amide bonds. The highest BCUT2D eigenvalue weighted by molar-refractivity contribution is 7.09. The fourth-order valence-electron chi connectivity index (χ4n) is 1.75. The summed E-state index contributed by atoms with van der Waals surface area (Å²) in [4.78, 5) is 25.4. The summed E-state index contributed by atoms with van der Waals surface area (Å²) in [5.74, 6) is 0.153. The third-order valence-corrected chi connectivity index (χ3v) is 3.83. The second kappa shape index (κ2) is 6.25. The van der Waals surface area contributed by atoms with Gasteiger partial charge in [0.25, 0.3) is 5.69 Å². The molecule has 0 aliphatic heterocycles. The van der Waals surface area contributed by atoms with E-state index in [-0.39, 0.29) is 17.2 Å². The molecule has 0 saturated heterocycles. The number of hydrogen-bond donors (Lipinski definition) is 1. The molecule has 20 heavy (non-hydrogen) atoms. The van der Waals surface area contributed by atoms with Crippen LogP contribution in [-0.2, 0) is 0 Å². The Hall–Kier alpha value is -2.28. The van der Waals surface area contributed by atoms with Crippen LogP contribution in [0.15, 0.2) is 29.8 Å². The smallest absolute Gasteiger partial charge is 0.293 e. The SMILES string of the molecule is CC(CNc1ccc(C=O)cc1[N+](=O)[O-])c1nccs1. The lowest BCUT2D eigenvalue weighted by Crippen LogP contribution is -2.11. The van der Waals surface area contributed by atoms with Gasteiger partial charge in [0.05, 0.1) is 9.93 Å². The maximum Gasteiger partial charge on any atom is 0.293 e. The highest BCUT2D eigenvalue weighted by atomic mass is 32.1. The van der Waals surface area contributed by atoms with Gasteiger partial charge in [-0.15, -0.1) is 11.3 Å². The molecule has 1 aromatic heterocycles. The van der Waals surface area contributed by atoms with Gasteiger partial charge in [-0.05, 0) is 12.1 Å². The average Bonchev–Trinajstić information content (AvgIpc) is 2.98. The molecule has 1 heterocycles. The van der Waals surface area contributed by atoms with E-state index in [1.165, 1.54) is 6.07 Å². The summed E-state index contributed by atoms with van der Waals surface area (Å²) in [6.07, 6.45) is 2.33. The van der Waals surface area contributed by atoms with Gasteiger partial charge >= 0.3 is 0 Å². The monoisotopic (exact) mass is 291 g/mol. The Morgan fingerprint density at radius 1 is 1.55 bits per heavy atom. The summed E-state index contributed by atoms with van der Waals surface area (Å²) in [6, 6.07) is 4.37. The quantitative estimate of drug-likeness (QED) is 0.502. The van der Waals surface area contributed by atoms with E-state index in [1.807, 2.05) is 12.3 Å². The van der Waals surface area contributed by atoms with Crippen molar-refractivity contribution >= 4 is 29.0 Å². The number of anilines is 1. The molecule has 104 valence electrons. The highest BCUT2D eigenvalue weighted by Gasteiger charge is 2.16. The fourth-order valence-corrected chi connectivity index (χ4v) is 2.45. The van der Waals surface area contributed by atoms with Crippen LogP contribution in [0.25, 0.3) is 0 Å². The standard InChI is InChI=1S/C13H13N3O3S/c1-9(13-14-4-5-20-13)7-15-11-3-2-10(8-17)6-12(11)16(18)19/h2-6,8-9,15H,7H2,1H3. The Labute approximate surface area is 119 Å². The van der Waals surface area contributed by atoms with Gasteiger partial charge in [0.15, 0.2) is 0 Å². The topological polar surface area (TPSA) is 85.1 Å². The van der Waals surface area contributed by atoms with Crippen molar-refractivity contribution in [2.75, 3.05) is 11.9 Å². The van der Waals surface area contributed by atoms with Crippen LogP contribution in [0.1, 0.15) is 28.2 Å². The first-order chi connectivity index (χ1) is 9.61. The van der Waals surface area contributed by atoms with Crippen LogP contribution < -0.4 is 5.32 Å². The van der Waals surface area contributed by atoms with Gasteiger partial charge in [0, 0.05) is 35.7 Å². The number of rotatable bonds is 6. The van der Waals surface area contributed by atoms with Crippen molar-refractivity contribution in [3.8, 4) is 0 Å². The van der Waals surface area contributed by atoms with Crippen LogP contribution in [0.3, 0.4) is 0 Å². The predicted octanol–water partition coefficient (Wildman–Crippen LogP) is 3.08. The summed E-state index contributed by atoms with van der Waals surface area (Å²) < 4.78 is 0. The molecule has 1 N–H and O–H groups in total. The Bertz CT molecular complexity index is 613. The van der Waals surface area contributed by atoms with Crippen molar-refractivity contribution in [1.82, 2.24) is 4.98 Å². The third kappa shape index (κ3) is 3.18. The number of nitrogens with one attached hydrogen (secondary N) is 1. The molecule has 1 atom stereocenters. The molecule has 2 rings (SSSR count). The first-order valence-corrected chi connectivity index (χ1v) is 6.86. The normalized spacial score (nSPS) is 11.8. The molecule has 2 aromatic rings. The number of carbonyl (C=O) groups excluding carboxylic acids is 1. The zero-order chi connectivity index (χ0) is 14.5. The minimum absolute atomic E-state index is 0.0964. The van der Waals surface area contributed by atoms with Gasteiger partial charge in [-0.1, -0.05) is 6.92 Å². The van der Waals surface area contributed by atoms with E-state index in [4.69, 9.17) is 0 Å². The van der Waals surface area contributed by atoms with Crippen LogP contribution >= 0.6 is 11.3 Å². The molecule has 6 nitrogen and oxygen atoms in total. The lowest BCUT2D eigenvalue weighted by atomic mass is 10.1. The number of nitro groups is 1. The van der Waals surface area contributed by atoms with Gasteiger partial charge in [-0.3, -0.25) is 14.9 Å². The van der Waals surface area contributed by atoms with Crippen LogP contribution in [0.4, 0.5) is 11.4 Å². The van der Waals surface area contributed by atoms with E-state index in [0.717, 1.165) is 5.01 Å². The third-order valence-electron chi connectivity index (χ3n) is 2.83. The van der Waals surface area contributed by atoms with E-state index in [0.29, 0.717) is 18.5 Å². The molecule has 0 spiro atoms. The van der Waals surface area contributed by atoms with Gasteiger partial charge < -0.3 is 5.32 Å². The van der Waals surface area contributed by atoms with Gasteiger partial charge in [-0.25, -0.2) is 4.98 Å². The van der Waals surface area contributed by atoms with Crippen LogP contribution in [0.2, 0.25) is 0 Å². The Morgan fingerprint density at radius 2 is 2.35 bits per heavy atom. The summed E-state index contributed by atoms with van der Waals surface area (Å²) in [5, 5.41) is 16.9. The molecule has 1 unspecified atom stereocenters. The lowest BCUT2D eigenvalue weighted by Gasteiger charge is -2.11. The molecular weight excluding hydrogens is 278 g/mol. The van der Waals surface area contributed by atoms with Crippen molar-refractivity contribution in [3.05, 3.63) is 50.5 Å². The van der Waals surface area contributed by atoms with E-state index in [9.17, 15) is 14.9 Å². The number of carbonyl (C=O) groups is 1. The first-order valence-electron chi connectivity index (χ1n) is 5.98. The Morgan fingerprint density at radius 3 is 2.95 bits per heavy atom. The number of hydrogen-bond acceptors (Lipinski definition) is 6. The van der Waals surface area contributed by atoms with Crippen molar-refractivity contribution in [2.24, 2.45) is 0 Å². The number of benzene rings is 1. The average molecular weight is 291 g/mol. The summed E-state index contributed by atoms with van der Waals surface area (Å²) >= 11 is 1.55. The number of nitrogens with zero attached hydrogens (tertiary/aromatic N) is 2. The summed E-state index contributed by atoms with van der Waals surface area (Å²) in [7, 11) is 0. The number of nitro benzene ring substituents is 1. The Kier molecular flexibility index (Phi) is 4.41. The van der Waals surface area contributed by atoms with E-state index >= 15 is 0 Å². The lowest BCUT2D eigenvalue weighted by molar-refractivity contribution is -0.384. The largest absolute Gasteiger partial charge is 0.379 e. The fraction of sp³-hybridized carbons (Fsp3) is 0.231. The first kappa shape index (κ1) is 14.1. The van der Waals surface area contributed by atoms with Gasteiger partial charge in [0.2, 0.25) is 0 Å².